The molecule has 110 valence electrons. The van der Waals surface area contributed by atoms with Gasteiger partial charge >= 0.3 is 0 Å². The summed E-state index contributed by atoms with van der Waals surface area (Å²) < 4.78 is 15.6. The van der Waals surface area contributed by atoms with E-state index in [2.05, 4.69) is 5.16 Å². The molecule has 21 heavy (non-hydrogen) atoms. The van der Waals surface area contributed by atoms with Crippen molar-refractivity contribution in [1.29, 1.82) is 0 Å². The fourth-order valence-electron chi connectivity index (χ4n) is 2.01. The normalized spacial score (nSPS) is 11.1. The number of ether oxygens (including phenoxy) is 3. The highest BCUT2D eigenvalue weighted by Gasteiger charge is 2.14. The molecule has 0 unspecified atom stereocenters. The zero-order chi connectivity index (χ0) is 15.2. The molecule has 0 saturated carbocycles. The minimum Gasteiger partial charge on any atom is -0.497 e. The number of benzene rings is 2. The Morgan fingerprint density at radius 2 is 1.48 bits per heavy atom. The van der Waals surface area contributed by atoms with E-state index in [9.17, 15) is 5.21 Å². The summed E-state index contributed by atoms with van der Waals surface area (Å²) in [6.07, 6.45) is 0. The second-order valence-electron chi connectivity index (χ2n) is 4.24. The Kier molecular flexibility index (Phi) is 4.66. The summed E-state index contributed by atoms with van der Waals surface area (Å²) in [7, 11) is 4.74. The van der Waals surface area contributed by atoms with Gasteiger partial charge in [0, 0.05) is 17.2 Å². The van der Waals surface area contributed by atoms with E-state index in [1.807, 2.05) is 12.1 Å². The first-order valence-corrected chi connectivity index (χ1v) is 6.32. The van der Waals surface area contributed by atoms with Gasteiger partial charge in [-0.2, -0.15) is 0 Å². The molecule has 5 nitrogen and oxygen atoms in total. The lowest BCUT2D eigenvalue weighted by Gasteiger charge is -2.12. The molecule has 0 bridgehead atoms. The molecule has 0 atom stereocenters. The summed E-state index contributed by atoms with van der Waals surface area (Å²) in [4.78, 5) is 0. The van der Waals surface area contributed by atoms with Crippen LogP contribution in [-0.2, 0) is 0 Å². The lowest BCUT2D eigenvalue weighted by atomic mass is 10.0. The molecule has 2 rings (SSSR count). The van der Waals surface area contributed by atoms with Gasteiger partial charge in [0.05, 0.1) is 21.3 Å². The van der Waals surface area contributed by atoms with Crippen LogP contribution in [0.15, 0.2) is 47.6 Å². The Labute approximate surface area is 123 Å². The molecular weight excluding hydrogens is 270 g/mol. The average molecular weight is 287 g/mol. The number of nitrogens with zero attached hydrogens (tertiary/aromatic N) is 1. The molecular formula is C16H17NO4. The van der Waals surface area contributed by atoms with E-state index in [1.54, 1.807) is 51.7 Å². The van der Waals surface area contributed by atoms with E-state index >= 15 is 0 Å². The first-order valence-electron chi connectivity index (χ1n) is 6.32. The van der Waals surface area contributed by atoms with Crippen molar-refractivity contribution in [3.63, 3.8) is 0 Å². The molecule has 0 heterocycles. The molecule has 0 aliphatic heterocycles. The zero-order valence-corrected chi connectivity index (χ0v) is 12.2. The average Bonchev–Trinajstić information content (AvgIpc) is 2.56. The van der Waals surface area contributed by atoms with Crippen LogP contribution < -0.4 is 14.2 Å². The van der Waals surface area contributed by atoms with Crippen molar-refractivity contribution in [3.8, 4) is 17.2 Å². The maximum absolute atomic E-state index is 9.38. The Morgan fingerprint density at radius 3 is 2.00 bits per heavy atom. The third kappa shape index (κ3) is 3.08. The van der Waals surface area contributed by atoms with Gasteiger partial charge < -0.3 is 19.4 Å². The van der Waals surface area contributed by atoms with Gasteiger partial charge in [-0.3, -0.25) is 0 Å². The monoisotopic (exact) mass is 287 g/mol. The Morgan fingerprint density at radius 1 is 0.857 bits per heavy atom. The molecule has 0 aliphatic rings. The first-order chi connectivity index (χ1) is 10.2. The van der Waals surface area contributed by atoms with Gasteiger partial charge in [0.25, 0.3) is 0 Å². The minimum absolute atomic E-state index is 0.414. The Bertz CT molecular complexity index is 635. The molecule has 2 aromatic carbocycles. The number of oxime groups is 1. The highest BCUT2D eigenvalue weighted by molar-refractivity contribution is 6.14. The van der Waals surface area contributed by atoms with E-state index in [1.165, 1.54) is 0 Å². The Balaban J connectivity index is 2.45. The molecule has 0 aromatic heterocycles. The summed E-state index contributed by atoms with van der Waals surface area (Å²) in [6.45, 7) is 0. The predicted octanol–water partition coefficient (Wildman–Crippen LogP) is 2.94. The molecule has 1 N–H and O–H groups in total. The summed E-state index contributed by atoms with van der Waals surface area (Å²) >= 11 is 0. The first kappa shape index (κ1) is 14.7. The number of hydrogen-bond donors (Lipinski definition) is 1. The Hall–Kier alpha value is -2.69. The highest BCUT2D eigenvalue weighted by Crippen LogP contribution is 2.27. The quantitative estimate of drug-likeness (QED) is 0.522. The summed E-state index contributed by atoms with van der Waals surface area (Å²) in [6, 6.07) is 12.6. The molecule has 5 heteroatoms. The van der Waals surface area contributed by atoms with Crippen LogP contribution in [0.25, 0.3) is 0 Å². The topological polar surface area (TPSA) is 60.3 Å². The molecule has 0 radical (unpaired) electrons. The van der Waals surface area contributed by atoms with Crippen molar-refractivity contribution < 1.29 is 19.4 Å². The van der Waals surface area contributed by atoms with Crippen LogP contribution in [0.2, 0.25) is 0 Å². The van der Waals surface area contributed by atoms with Gasteiger partial charge in [-0.25, -0.2) is 0 Å². The highest BCUT2D eigenvalue weighted by atomic mass is 16.5. The van der Waals surface area contributed by atoms with Crippen molar-refractivity contribution >= 4 is 5.71 Å². The molecule has 0 amide bonds. The van der Waals surface area contributed by atoms with Crippen molar-refractivity contribution in [1.82, 2.24) is 0 Å². The molecule has 0 fully saturated rings. The summed E-state index contributed by atoms with van der Waals surface area (Å²) in [5.41, 5.74) is 1.84. The molecule has 0 aliphatic carbocycles. The minimum atomic E-state index is 0.414. The van der Waals surface area contributed by atoms with Gasteiger partial charge in [-0.1, -0.05) is 5.16 Å². The van der Waals surface area contributed by atoms with Gasteiger partial charge in [0.1, 0.15) is 23.0 Å². The van der Waals surface area contributed by atoms with Crippen LogP contribution in [0.4, 0.5) is 0 Å². The van der Waals surface area contributed by atoms with Gasteiger partial charge in [0.15, 0.2) is 0 Å². The summed E-state index contributed by atoms with van der Waals surface area (Å²) in [5.74, 6) is 1.97. The molecule has 0 spiro atoms. The van der Waals surface area contributed by atoms with E-state index in [0.29, 0.717) is 22.8 Å². The fraction of sp³-hybridized carbons (Fsp3) is 0.188. The van der Waals surface area contributed by atoms with Crippen LogP contribution in [0.3, 0.4) is 0 Å². The van der Waals surface area contributed by atoms with E-state index in [-0.39, 0.29) is 0 Å². The standard InChI is InChI=1S/C16H17NO4/c1-19-12-6-4-11(5-7-12)16(17-18)14-9-8-13(20-2)10-15(14)21-3/h4-10,18H,1-3H3/b17-16-. The number of hydrogen-bond acceptors (Lipinski definition) is 5. The van der Waals surface area contributed by atoms with Crippen LogP contribution in [0, 0.1) is 0 Å². The van der Waals surface area contributed by atoms with Gasteiger partial charge in [-0.15, -0.1) is 0 Å². The van der Waals surface area contributed by atoms with Crippen LogP contribution >= 0.6 is 0 Å². The van der Waals surface area contributed by atoms with E-state index in [0.717, 1.165) is 11.3 Å². The molecule has 2 aromatic rings. The third-order valence-corrected chi connectivity index (χ3v) is 3.13. The van der Waals surface area contributed by atoms with Crippen molar-refractivity contribution in [2.24, 2.45) is 5.16 Å². The van der Waals surface area contributed by atoms with Crippen LogP contribution in [-0.4, -0.2) is 32.2 Å². The lowest BCUT2D eigenvalue weighted by Crippen LogP contribution is -2.06. The number of methoxy groups -OCH3 is 3. The SMILES string of the molecule is COc1ccc(/C(=N/O)c2ccc(OC)cc2OC)cc1. The third-order valence-electron chi connectivity index (χ3n) is 3.13. The second kappa shape index (κ2) is 6.65. The largest absolute Gasteiger partial charge is 0.497 e. The maximum atomic E-state index is 9.38. The van der Waals surface area contributed by atoms with Gasteiger partial charge in [-0.05, 0) is 36.4 Å². The van der Waals surface area contributed by atoms with Crippen molar-refractivity contribution in [2.45, 2.75) is 0 Å². The van der Waals surface area contributed by atoms with Crippen molar-refractivity contribution in [2.75, 3.05) is 21.3 Å². The summed E-state index contributed by atoms with van der Waals surface area (Å²) in [5, 5.41) is 12.8. The number of rotatable bonds is 5. The zero-order valence-electron chi connectivity index (χ0n) is 12.2. The van der Waals surface area contributed by atoms with E-state index < -0.39 is 0 Å². The van der Waals surface area contributed by atoms with Crippen LogP contribution in [0.1, 0.15) is 11.1 Å². The smallest absolute Gasteiger partial charge is 0.132 e. The fourth-order valence-corrected chi connectivity index (χ4v) is 2.01. The van der Waals surface area contributed by atoms with Crippen LogP contribution in [0.5, 0.6) is 17.2 Å². The predicted molar refractivity (Wildman–Crippen MR) is 80.0 cm³/mol. The van der Waals surface area contributed by atoms with E-state index in [4.69, 9.17) is 14.2 Å². The maximum Gasteiger partial charge on any atom is 0.132 e. The molecule has 0 saturated heterocycles. The lowest BCUT2D eigenvalue weighted by molar-refractivity contribution is 0.319. The van der Waals surface area contributed by atoms with Gasteiger partial charge in [0.2, 0.25) is 0 Å². The second-order valence-corrected chi connectivity index (χ2v) is 4.24. The van der Waals surface area contributed by atoms with Crippen molar-refractivity contribution in [3.05, 3.63) is 53.6 Å².